The number of hydrogen-bond donors (Lipinski definition) is 1. The van der Waals surface area contributed by atoms with Crippen LogP contribution >= 0.6 is 11.6 Å². The standard InChI is InChI=1S/C14H14ClNO/c15-12-4-3-10-2-1-9-16-13(10)11(12)5-6-14(17)7-8-14/h1-4,9,17H,5-8H2. The van der Waals surface area contributed by atoms with Gasteiger partial charge in [-0.3, -0.25) is 4.98 Å². The van der Waals surface area contributed by atoms with E-state index in [4.69, 9.17) is 11.6 Å². The van der Waals surface area contributed by atoms with Gasteiger partial charge in [-0.1, -0.05) is 23.7 Å². The third kappa shape index (κ3) is 2.15. The molecule has 2 nitrogen and oxygen atoms in total. The van der Waals surface area contributed by atoms with Crippen LogP contribution in [-0.4, -0.2) is 15.7 Å². The van der Waals surface area contributed by atoms with Crippen molar-refractivity contribution in [3.63, 3.8) is 0 Å². The van der Waals surface area contributed by atoms with Crippen LogP contribution in [0.25, 0.3) is 10.9 Å². The molecule has 1 aromatic heterocycles. The largest absolute Gasteiger partial charge is 0.390 e. The summed E-state index contributed by atoms with van der Waals surface area (Å²) < 4.78 is 0. The maximum atomic E-state index is 9.89. The highest BCUT2D eigenvalue weighted by Gasteiger charge is 2.39. The van der Waals surface area contributed by atoms with E-state index in [1.54, 1.807) is 6.20 Å². The molecule has 0 bridgehead atoms. The van der Waals surface area contributed by atoms with Gasteiger partial charge in [0.1, 0.15) is 0 Å². The Labute approximate surface area is 105 Å². The summed E-state index contributed by atoms with van der Waals surface area (Å²) in [5.74, 6) is 0. The minimum Gasteiger partial charge on any atom is -0.390 e. The molecule has 1 saturated carbocycles. The first-order valence-electron chi connectivity index (χ1n) is 5.92. The zero-order chi connectivity index (χ0) is 11.9. The van der Waals surface area contributed by atoms with Crippen molar-refractivity contribution in [2.45, 2.75) is 31.3 Å². The average Bonchev–Trinajstić information content (AvgIpc) is 3.06. The molecule has 1 aliphatic rings. The maximum Gasteiger partial charge on any atom is 0.0748 e. The fraction of sp³-hybridized carbons (Fsp3) is 0.357. The number of fused-ring (bicyclic) bond motifs is 1. The Balaban J connectivity index is 1.98. The van der Waals surface area contributed by atoms with Crippen LogP contribution in [0.5, 0.6) is 0 Å². The molecule has 0 radical (unpaired) electrons. The summed E-state index contributed by atoms with van der Waals surface area (Å²) in [5, 5.41) is 11.7. The van der Waals surface area contributed by atoms with Crippen molar-refractivity contribution in [3.8, 4) is 0 Å². The van der Waals surface area contributed by atoms with E-state index in [-0.39, 0.29) is 0 Å². The topological polar surface area (TPSA) is 33.1 Å². The lowest BCUT2D eigenvalue weighted by molar-refractivity contribution is 0.140. The number of nitrogens with zero attached hydrogens (tertiary/aromatic N) is 1. The maximum absolute atomic E-state index is 9.89. The summed E-state index contributed by atoms with van der Waals surface area (Å²) in [6.45, 7) is 0. The summed E-state index contributed by atoms with van der Waals surface area (Å²) in [4.78, 5) is 4.40. The lowest BCUT2D eigenvalue weighted by Crippen LogP contribution is -2.08. The Hall–Kier alpha value is -1.12. The molecule has 2 aromatic rings. The van der Waals surface area contributed by atoms with E-state index in [1.807, 2.05) is 24.3 Å². The molecule has 1 aromatic carbocycles. The molecule has 17 heavy (non-hydrogen) atoms. The SMILES string of the molecule is OC1(CCc2c(Cl)ccc3cccnc23)CC1. The fourth-order valence-corrected chi connectivity index (χ4v) is 2.42. The first-order chi connectivity index (χ1) is 8.18. The average molecular weight is 248 g/mol. The normalized spacial score (nSPS) is 17.3. The van der Waals surface area contributed by atoms with Crippen molar-refractivity contribution in [1.29, 1.82) is 0 Å². The minimum absolute atomic E-state index is 0.430. The number of pyridine rings is 1. The Morgan fingerprint density at radius 1 is 1.29 bits per heavy atom. The number of aliphatic hydroxyl groups is 1. The molecule has 88 valence electrons. The van der Waals surface area contributed by atoms with E-state index >= 15 is 0 Å². The van der Waals surface area contributed by atoms with Gasteiger partial charge in [-0.15, -0.1) is 0 Å². The number of halogens is 1. The number of benzene rings is 1. The highest BCUT2D eigenvalue weighted by Crippen LogP contribution is 2.40. The van der Waals surface area contributed by atoms with E-state index in [0.29, 0.717) is 0 Å². The molecule has 1 fully saturated rings. The van der Waals surface area contributed by atoms with Crippen molar-refractivity contribution >= 4 is 22.5 Å². The molecule has 0 unspecified atom stereocenters. The molecule has 0 aliphatic heterocycles. The first-order valence-corrected chi connectivity index (χ1v) is 6.30. The monoisotopic (exact) mass is 247 g/mol. The molecule has 0 spiro atoms. The molecule has 0 saturated heterocycles. The van der Waals surface area contributed by atoms with Crippen molar-refractivity contribution < 1.29 is 5.11 Å². The predicted octanol–water partition coefficient (Wildman–Crippen LogP) is 3.35. The summed E-state index contributed by atoms with van der Waals surface area (Å²) in [6.07, 6.45) is 5.20. The van der Waals surface area contributed by atoms with Crippen LogP contribution in [0.1, 0.15) is 24.8 Å². The molecule has 1 aliphatic carbocycles. The molecular weight excluding hydrogens is 234 g/mol. The zero-order valence-corrected chi connectivity index (χ0v) is 10.2. The summed E-state index contributed by atoms with van der Waals surface area (Å²) >= 11 is 6.23. The molecule has 1 heterocycles. The third-order valence-corrected chi connectivity index (χ3v) is 3.84. The Bertz CT molecular complexity index is 563. The molecule has 3 heteroatoms. The van der Waals surface area contributed by atoms with Gasteiger partial charge in [-0.25, -0.2) is 0 Å². The number of hydrogen-bond acceptors (Lipinski definition) is 2. The molecule has 1 N–H and O–H groups in total. The van der Waals surface area contributed by atoms with Crippen molar-refractivity contribution in [2.24, 2.45) is 0 Å². The van der Waals surface area contributed by atoms with Gasteiger partial charge >= 0.3 is 0 Å². The quantitative estimate of drug-likeness (QED) is 0.902. The van der Waals surface area contributed by atoms with Gasteiger partial charge in [0.05, 0.1) is 11.1 Å². The second kappa shape index (κ2) is 3.97. The van der Waals surface area contributed by atoms with E-state index < -0.39 is 5.60 Å². The Morgan fingerprint density at radius 2 is 2.12 bits per heavy atom. The number of aryl methyl sites for hydroxylation is 1. The lowest BCUT2D eigenvalue weighted by Gasteiger charge is -2.10. The first kappa shape index (κ1) is 11.0. The lowest BCUT2D eigenvalue weighted by atomic mass is 10.0. The van der Waals surface area contributed by atoms with Crippen LogP contribution in [0.15, 0.2) is 30.5 Å². The summed E-state index contributed by atoms with van der Waals surface area (Å²) in [7, 11) is 0. The zero-order valence-electron chi connectivity index (χ0n) is 9.49. The third-order valence-electron chi connectivity index (χ3n) is 3.49. The van der Waals surface area contributed by atoms with Gasteiger partial charge in [-0.05, 0) is 43.4 Å². The van der Waals surface area contributed by atoms with E-state index in [0.717, 1.165) is 47.2 Å². The van der Waals surface area contributed by atoms with Crippen LogP contribution in [0.3, 0.4) is 0 Å². The predicted molar refractivity (Wildman–Crippen MR) is 69.3 cm³/mol. The van der Waals surface area contributed by atoms with Crippen LogP contribution in [0.4, 0.5) is 0 Å². The van der Waals surface area contributed by atoms with E-state index in [1.165, 1.54) is 0 Å². The van der Waals surface area contributed by atoms with Crippen molar-refractivity contribution in [3.05, 3.63) is 41.0 Å². The van der Waals surface area contributed by atoms with E-state index in [2.05, 4.69) is 4.98 Å². The number of rotatable bonds is 3. The van der Waals surface area contributed by atoms with Crippen LogP contribution in [0.2, 0.25) is 5.02 Å². The van der Waals surface area contributed by atoms with Crippen LogP contribution in [0, 0.1) is 0 Å². The fourth-order valence-electron chi connectivity index (χ4n) is 2.17. The molecule has 0 atom stereocenters. The second-order valence-corrected chi connectivity index (χ2v) is 5.23. The number of aromatic nitrogens is 1. The second-order valence-electron chi connectivity index (χ2n) is 4.83. The highest BCUT2D eigenvalue weighted by molar-refractivity contribution is 6.32. The van der Waals surface area contributed by atoms with Crippen LogP contribution < -0.4 is 0 Å². The summed E-state index contributed by atoms with van der Waals surface area (Å²) in [5.41, 5.74) is 1.59. The molecular formula is C14H14ClNO. The smallest absolute Gasteiger partial charge is 0.0748 e. The van der Waals surface area contributed by atoms with Gasteiger partial charge in [0.25, 0.3) is 0 Å². The van der Waals surface area contributed by atoms with Gasteiger partial charge in [0, 0.05) is 16.6 Å². The van der Waals surface area contributed by atoms with Gasteiger partial charge in [0.2, 0.25) is 0 Å². The van der Waals surface area contributed by atoms with Crippen molar-refractivity contribution in [2.75, 3.05) is 0 Å². The van der Waals surface area contributed by atoms with Gasteiger partial charge in [0.15, 0.2) is 0 Å². The molecule has 3 rings (SSSR count). The molecule has 0 amide bonds. The van der Waals surface area contributed by atoms with Crippen molar-refractivity contribution in [1.82, 2.24) is 4.98 Å². The highest BCUT2D eigenvalue weighted by atomic mass is 35.5. The Kier molecular flexibility index (Phi) is 2.57. The van der Waals surface area contributed by atoms with Gasteiger partial charge < -0.3 is 5.11 Å². The summed E-state index contributed by atoms with van der Waals surface area (Å²) in [6, 6.07) is 7.86. The Morgan fingerprint density at radius 3 is 2.88 bits per heavy atom. The van der Waals surface area contributed by atoms with Gasteiger partial charge in [-0.2, -0.15) is 0 Å². The minimum atomic E-state index is -0.430. The van der Waals surface area contributed by atoms with E-state index in [9.17, 15) is 5.11 Å². The van der Waals surface area contributed by atoms with Crippen LogP contribution in [-0.2, 0) is 6.42 Å².